The molecule has 0 unspecified atom stereocenters. The molecule has 5 heteroatoms. The van der Waals surface area contributed by atoms with Crippen molar-refractivity contribution in [1.82, 2.24) is 4.90 Å². The summed E-state index contributed by atoms with van der Waals surface area (Å²) in [4.78, 5) is 12.6. The summed E-state index contributed by atoms with van der Waals surface area (Å²) in [6.07, 6.45) is -0.550. The number of carbonyl (C=O) groups is 1. The highest BCUT2D eigenvalue weighted by molar-refractivity contribution is 5.68. The van der Waals surface area contributed by atoms with Crippen molar-refractivity contribution < 1.29 is 19.7 Å². The number of aliphatic hydroxyl groups excluding tert-OH is 2. The highest BCUT2D eigenvalue weighted by atomic mass is 16.6. The van der Waals surface area contributed by atoms with Crippen molar-refractivity contribution in [2.75, 3.05) is 20.3 Å². The van der Waals surface area contributed by atoms with Gasteiger partial charge in [-0.1, -0.05) is 0 Å². The Balaban J connectivity index is 4.24. The third-order valence-corrected chi connectivity index (χ3v) is 1.65. The van der Waals surface area contributed by atoms with Crippen molar-refractivity contribution in [1.29, 1.82) is 0 Å². The summed E-state index contributed by atoms with van der Waals surface area (Å²) < 4.78 is 5.05. The van der Waals surface area contributed by atoms with E-state index in [1.165, 1.54) is 11.9 Å². The molecule has 14 heavy (non-hydrogen) atoms. The molecule has 5 nitrogen and oxygen atoms in total. The van der Waals surface area contributed by atoms with Gasteiger partial charge in [0.25, 0.3) is 0 Å². The Morgan fingerprint density at radius 1 is 1.36 bits per heavy atom. The molecule has 84 valence electrons. The molecule has 0 aromatic rings. The summed E-state index contributed by atoms with van der Waals surface area (Å²) >= 11 is 0. The van der Waals surface area contributed by atoms with Gasteiger partial charge in [-0.2, -0.15) is 0 Å². The molecule has 0 aliphatic rings. The van der Waals surface area contributed by atoms with Gasteiger partial charge in [0.05, 0.1) is 19.3 Å². The van der Waals surface area contributed by atoms with Gasteiger partial charge >= 0.3 is 6.09 Å². The molecule has 2 N–H and O–H groups in total. The second kappa shape index (κ2) is 5.17. The molecule has 0 saturated heterocycles. The van der Waals surface area contributed by atoms with E-state index in [1.54, 1.807) is 20.8 Å². The van der Waals surface area contributed by atoms with E-state index in [1.807, 2.05) is 0 Å². The smallest absolute Gasteiger partial charge is 0.410 e. The van der Waals surface area contributed by atoms with Crippen molar-refractivity contribution >= 4 is 6.09 Å². The quantitative estimate of drug-likeness (QED) is 0.691. The van der Waals surface area contributed by atoms with Crippen LogP contribution in [0.5, 0.6) is 0 Å². The molecule has 0 aliphatic carbocycles. The predicted octanol–water partition coefficient (Wildman–Crippen LogP) is 0.207. The van der Waals surface area contributed by atoms with Gasteiger partial charge in [0.1, 0.15) is 5.60 Å². The molecule has 0 aromatic carbocycles. The van der Waals surface area contributed by atoms with Gasteiger partial charge in [-0.05, 0) is 20.8 Å². The van der Waals surface area contributed by atoms with Crippen LogP contribution in [0.1, 0.15) is 20.8 Å². The monoisotopic (exact) mass is 205 g/mol. The first-order chi connectivity index (χ1) is 6.31. The van der Waals surface area contributed by atoms with Crippen molar-refractivity contribution in [2.45, 2.75) is 32.4 Å². The lowest BCUT2D eigenvalue weighted by atomic mass is 10.2. The molecule has 0 rings (SSSR count). The molecule has 0 radical (unpaired) electrons. The van der Waals surface area contributed by atoms with Crippen molar-refractivity contribution in [3.8, 4) is 0 Å². The van der Waals surface area contributed by atoms with Gasteiger partial charge in [-0.15, -0.1) is 0 Å². The normalized spacial score (nSPS) is 11.6. The minimum absolute atomic E-state index is 0.285. The number of ether oxygens (including phenoxy) is 1. The number of rotatable bonds is 3. The van der Waals surface area contributed by atoms with E-state index in [4.69, 9.17) is 14.9 Å². The van der Waals surface area contributed by atoms with Crippen LogP contribution in [0.3, 0.4) is 0 Å². The number of nitrogens with zero attached hydrogens (tertiary/aromatic N) is 1. The van der Waals surface area contributed by atoms with Crippen molar-refractivity contribution in [2.24, 2.45) is 0 Å². The number of carbonyl (C=O) groups excluding carboxylic acids is 1. The minimum atomic E-state index is -0.607. The molecule has 0 aromatic heterocycles. The van der Waals surface area contributed by atoms with Crippen LogP contribution >= 0.6 is 0 Å². The van der Waals surface area contributed by atoms with Gasteiger partial charge in [-0.3, -0.25) is 0 Å². The lowest BCUT2D eigenvalue weighted by Gasteiger charge is -2.28. The van der Waals surface area contributed by atoms with E-state index in [2.05, 4.69) is 0 Å². The highest BCUT2D eigenvalue weighted by Crippen LogP contribution is 2.10. The first-order valence-electron chi connectivity index (χ1n) is 4.49. The minimum Gasteiger partial charge on any atom is -0.444 e. The maximum Gasteiger partial charge on any atom is 0.410 e. The van der Waals surface area contributed by atoms with Crippen LogP contribution in [0.15, 0.2) is 0 Å². The molecule has 0 fully saturated rings. The van der Waals surface area contributed by atoms with Crippen LogP contribution < -0.4 is 0 Å². The van der Waals surface area contributed by atoms with Gasteiger partial charge in [0, 0.05) is 7.05 Å². The van der Waals surface area contributed by atoms with Crippen LogP contribution in [0.4, 0.5) is 4.79 Å². The van der Waals surface area contributed by atoms with Crippen LogP contribution in [0, 0.1) is 0 Å². The number of amides is 1. The third-order valence-electron chi connectivity index (χ3n) is 1.65. The second-order valence-corrected chi connectivity index (χ2v) is 4.11. The fraction of sp³-hybridized carbons (Fsp3) is 0.889. The Morgan fingerprint density at radius 3 is 2.07 bits per heavy atom. The Hall–Kier alpha value is -0.810. The number of likely N-dealkylation sites (N-methyl/N-ethyl adjacent to an activating group) is 1. The number of hydrogen-bond donors (Lipinski definition) is 2. The summed E-state index contributed by atoms with van der Waals surface area (Å²) in [6.45, 7) is 4.70. The molecular weight excluding hydrogens is 186 g/mol. The zero-order chi connectivity index (χ0) is 11.4. The van der Waals surface area contributed by atoms with Gasteiger partial charge in [0.15, 0.2) is 0 Å². The topological polar surface area (TPSA) is 70.0 Å². The SMILES string of the molecule is CN(C(=O)OC(C)(C)C)C(CO)CO. The van der Waals surface area contributed by atoms with E-state index in [0.29, 0.717) is 0 Å². The zero-order valence-corrected chi connectivity index (χ0v) is 9.15. The zero-order valence-electron chi connectivity index (χ0n) is 9.15. The molecule has 0 bridgehead atoms. The summed E-state index contributed by atoms with van der Waals surface area (Å²) in [6, 6.07) is -0.607. The Labute approximate surface area is 84.3 Å². The van der Waals surface area contributed by atoms with E-state index in [0.717, 1.165) is 0 Å². The third kappa shape index (κ3) is 4.43. The van der Waals surface area contributed by atoms with Crippen LogP contribution in [0.2, 0.25) is 0 Å². The maximum absolute atomic E-state index is 11.4. The van der Waals surface area contributed by atoms with Gasteiger partial charge < -0.3 is 19.8 Å². The fourth-order valence-electron chi connectivity index (χ4n) is 0.786. The standard InChI is InChI=1S/C9H19NO4/c1-9(2,3)14-8(13)10(4)7(5-11)6-12/h7,11-12H,5-6H2,1-4H3. The lowest BCUT2D eigenvalue weighted by molar-refractivity contribution is 0.00815. The van der Waals surface area contributed by atoms with Crippen LogP contribution in [0.25, 0.3) is 0 Å². The largest absolute Gasteiger partial charge is 0.444 e. The maximum atomic E-state index is 11.4. The summed E-state index contributed by atoms with van der Waals surface area (Å²) in [5.41, 5.74) is -0.569. The van der Waals surface area contributed by atoms with Crippen molar-refractivity contribution in [3.63, 3.8) is 0 Å². The van der Waals surface area contributed by atoms with E-state index < -0.39 is 17.7 Å². The van der Waals surface area contributed by atoms with E-state index >= 15 is 0 Å². The predicted molar refractivity (Wildman–Crippen MR) is 52.0 cm³/mol. The van der Waals surface area contributed by atoms with E-state index in [9.17, 15) is 4.79 Å². The number of aliphatic hydroxyl groups is 2. The molecule has 0 aliphatic heterocycles. The fourth-order valence-corrected chi connectivity index (χ4v) is 0.786. The first kappa shape index (κ1) is 13.2. The highest BCUT2D eigenvalue weighted by Gasteiger charge is 2.24. The van der Waals surface area contributed by atoms with E-state index in [-0.39, 0.29) is 13.2 Å². The first-order valence-corrected chi connectivity index (χ1v) is 4.49. The average molecular weight is 205 g/mol. The van der Waals surface area contributed by atoms with Gasteiger partial charge in [0.2, 0.25) is 0 Å². The van der Waals surface area contributed by atoms with Crippen LogP contribution in [-0.2, 0) is 4.74 Å². The molecule has 0 heterocycles. The summed E-state index contributed by atoms with van der Waals surface area (Å²) in [5.74, 6) is 0. The Kier molecular flexibility index (Phi) is 4.87. The summed E-state index contributed by atoms with van der Waals surface area (Å²) in [7, 11) is 1.48. The number of hydrogen-bond acceptors (Lipinski definition) is 4. The Bertz CT molecular complexity index is 184. The Morgan fingerprint density at radius 2 is 1.79 bits per heavy atom. The molecule has 1 amide bonds. The molecule has 0 atom stereocenters. The van der Waals surface area contributed by atoms with Gasteiger partial charge in [-0.25, -0.2) is 4.79 Å². The second-order valence-electron chi connectivity index (χ2n) is 4.11. The lowest BCUT2D eigenvalue weighted by Crippen LogP contribution is -2.44. The van der Waals surface area contributed by atoms with Crippen molar-refractivity contribution in [3.05, 3.63) is 0 Å². The molecule has 0 spiro atoms. The summed E-state index contributed by atoms with van der Waals surface area (Å²) in [5, 5.41) is 17.7. The average Bonchev–Trinajstić information content (AvgIpc) is 2.03. The molecule has 0 saturated carbocycles. The molecular formula is C9H19NO4. The van der Waals surface area contributed by atoms with Crippen LogP contribution in [-0.4, -0.2) is 53.1 Å².